The molecule has 6 rings (SSSR count). The summed E-state index contributed by atoms with van der Waals surface area (Å²) in [5.74, 6) is -1.74. The molecule has 5 atom stereocenters. The first-order valence-corrected chi connectivity index (χ1v) is 20.6. The molecule has 0 heterocycles. The van der Waals surface area contributed by atoms with Crippen LogP contribution in [0.25, 0.3) is 0 Å². The standard InChI is InChI=1S/C52H54O9/c1-55-52(54)46(53)32-47(57-34-41-22-10-3-11-23-41)49(59-36-43-26-14-5-15-27-43)51(61-38-45-30-18-7-19-31-45)50(60-37-44-28-16-6-17-29-44)48(58-35-42-24-12-4-13-25-42)39-56-33-40-20-8-2-9-21-40/h2-31,47-51H,32-39H2,1H3/t47-,48+,49+,50+,51+/m0/s1. The fourth-order valence-electron chi connectivity index (χ4n) is 6.81. The van der Waals surface area contributed by atoms with Crippen LogP contribution >= 0.6 is 0 Å². The van der Waals surface area contributed by atoms with Crippen molar-refractivity contribution in [2.45, 2.75) is 76.6 Å². The molecule has 9 nitrogen and oxygen atoms in total. The van der Waals surface area contributed by atoms with Crippen molar-refractivity contribution < 1.29 is 42.7 Å². The van der Waals surface area contributed by atoms with Gasteiger partial charge in [-0.25, -0.2) is 4.79 Å². The van der Waals surface area contributed by atoms with Crippen molar-refractivity contribution in [3.8, 4) is 0 Å². The number of rotatable bonds is 26. The van der Waals surface area contributed by atoms with E-state index in [1.807, 2.05) is 182 Å². The molecule has 0 spiro atoms. The summed E-state index contributed by atoms with van der Waals surface area (Å²) in [6.45, 7) is 1.32. The zero-order valence-electron chi connectivity index (χ0n) is 34.5. The Kier molecular flexibility index (Phi) is 18.4. The van der Waals surface area contributed by atoms with Crippen molar-refractivity contribution in [2.75, 3.05) is 13.7 Å². The third-order valence-electron chi connectivity index (χ3n) is 10.0. The van der Waals surface area contributed by atoms with Crippen LogP contribution in [-0.4, -0.2) is 56.0 Å². The average Bonchev–Trinajstić information content (AvgIpc) is 3.32. The zero-order chi connectivity index (χ0) is 42.3. The Morgan fingerprint density at radius 1 is 0.377 bits per heavy atom. The van der Waals surface area contributed by atoms with Gasteiger partial charge in [-0.15, -0.1) is 0 Å². The molecule has 0 amide bonds. The highest BCUT2D eigenvalue weighted by Gasteiger charge is 2.44. The maximum Gasteiger partial charge on any atom is 0.374 e. The molecule has 0 N–H and O–H groups in total. The largest absolute Gasteiger partial charge is 0.463 e. The third kappa shape index (κ3) is 15.0. The molecular formula is C52H54O9. The molecule has 0 aromatic heterocycles. The first-order valence-electron chi connectivity index (χ1n) is 20.6. The molecular weight excluding hydrogens is 769 g/mol. The number of hydrogen-bond donors (Lipinski definition) is 0. The van der Waals surface area contributed by atoms with Crippen molar-refractivity contribution in [1.29, 1.82) is 0 Å². The van der Waals surface area contributed by atoms with Crippen LogP contribution in [0.5, 0.6) is 0 Å². The Morgan fingerprint density at radius 2 is 0.672 bits per heavy atom. The summed E-state index contributed by atoms with van der Waals surface area (Å²) in [7, 11) is 1.19. The molecule has 0 aliphatic heterocycles. The number of esters is 1. The number of hydrogen-bond acceptors (Lipinski definition) is 9. The minimum atomic E-state index is -1.01. The Labute approximate surface area is 359 Å². The molecule has 9 heteroatoms. The van der Waals surface area contributed by atoms with E-state index in [0.29, 0.717) is 6.61 Å². The Bertz CT molecular complexity index is 2100. The van der Waals surface area contributed by atoms with Crippen molar-refractivity contribution in [1.82, 2.24) is 0 Å². The van der Waals surface area contributed by atoms with Crippen molar-refractivity contribution in [3.05, 3.63) is 215 Å². The highest BCUT2D eigenvalue weighted by atomic mass is 16.6. The van der Waals surface area contributed by atoms with Crippen LogP contribution < -0.4 is 0 Å². The minimum Gasteiger partial charge on any atom is -0.463 e. The minimum absolute atomic E-state index is 0.119. The third-order valence-corrected chi connectivity index (χ3v) is 10.0. The van der Waals surface area contributed by atoms with E-state index < -0.39 is 42.3 Å². The molecule has 0 radical (unpaired) electrons. The fraction of sp³-hybridized carbons (Fsp3) is 0.269. The van der Waals surface area contributed by atoms with E-state index >= 15 is 0 Å². The second-order valence-corrected chi connectivity index (χ2v) is 14.6. The molecule has 0 bridgehead atoms. The molecule has 316 valence electrons. The van der Waals surface area contributed by atoms with Gasteiger partial charge in [0.1, 0.15) is 24.4 Å². The van der Waals surface area contributed by atoms with Crippen LogP contribution in [0.1, 0.15) is 39.8 Å². The van der Waals surface area contributed by atoms with E-state index in [1.165, 1.54) is 7.11 Å². The molecule has 0 fully saturated rings. The highest BCUT2D eigenvalue weighted by Crippen LogP contribution is 2.28. The summed E-state index contributed by atoms with van der Waals surface area (Å²) in [4.78, 5) is 26.4. The number of ketones is 1. The predicted octanol–water partition coefficient (Wildman–Crippen LogP) is 9.26. The van der Waals surface area contributed by atoms with Crippen LogP contribution in [-0.2, 0) is 82.4 Å². The molecule has 6 aromatic carbocycles. The van der Waals surface area contributed by atoms with Crippen LogP contribution in [0.3, 0.4) is 0 Å². The van der Waals surface area contributed by atoms with Gasteiger partial charge in [0.05, 0.1) is 59.5 Å². The zero-order valence-corrected chi connectivity index (χ0v) is 34.5. The molecule has 0 saturated carbocycles. The molecule has 0 saturated heterocycles. The first kappa shape index (κ1) is 44.8. The lowest BCUT2D eigenvalue weighted by atomic mass is 9.94. The monoisotopic (exact) mass is 822 g/mol. The number of Topliss-reactive ketones (excluding diaryl/α,β-unsaturated/α-hetero) is 1. The number of ether oxygens (including phenoxy) is 7. The quantitative estimate of drug-likeness (QED) is 0.0392. The number of carbonyl (C=O) groups excluding carboxylic acids is 2. The second kappa shape index (κ2) is 25.1. The molecule has 6 aromatic rings. The Hall–Kier alpha value is -5.78. The fourth-order valence-corrected chi connectivity index (χ4v) is 6.81. The van der Waals surface area contributed by atoms with Gasteiger partial charge in [-0.05, 0) is 33.4 Å². The van der Waals surface area contributed by atoms with Gasteiger partial charge in [-0.1, -0.05) is 182 Å². The first-order chi connectivity index (χ1) is 30.1. The lowest BCUT2D eigenvalue weighted by molar-refractivity contribution is -0.222. The Morgan fingerprint density at radius 3 is 1.03 bits per heavy atom. The summed E-state index contributed by atoms with van der Waals surface area (Å²) in [5.41, 5.74) is 5.56. The normalized spacial score (nSPS) is 13.7. The lowest BCUT2D eigenvalue weighted by Gasteiger charge is -2.40. The van der Waals surface area contributed by atoms with E-state index in [-0.39, 0.29) is 46.1 Å². The van der Waals surface area contributed by atoms with Gasteiger partial charge in [0.15, 0.2) is 0 Å². The van der Waals surface area contributed by atoms with Gasteiger partial charge >= 0.3 is 5.97 Å². The van der Waals surface area contributed by atoms with Crippen LogP contribution in [0.4, 0.5) is 0 Å². The summed E-state index contributed by atoms with van der Waals surface area (Å²) < 4.78 is 45.9. The Balaban J connectivity index is 1.45. The summed E-state index contributed by atoms with van der Waals surface area (Å²) in [6, 6.07) is 58.9. The maximum absolute atomic E-state index is 13.6. The van der Waals surface area contributed by atoms with E-state index in [4.69, 9.17) is 33.2 Å². The van der Waals surface area contributed by atoms with E-state index in [2.05, 4.69) is 0 Å². The number of methoxy groups -OCH3 is 1. The number of carbonyl (C=O) groups is 2. The molecule has 0 unspecified atom stereocenters. The highest BCUT2D eigenvalue weighted by molar-refractivity contribution is 6.33. The summed E-state index contributed by atoms with van der Waals surface area (Å²) in [5, 5.41) is 0. The molecule has 0 aliphatic carbocycles. The van der Waals surface area contributed by atoms with E-state index in [9.17, 15) is 9.59 Å². The van der Waals surface area contributed by atoms with Crippen LogP contribution in [0.2, 0.25) is 0 Å². The number of benzene rings is 6. The molecule has 61 heavy (non-hydrogen) atoms. The molecule has 0 aliphatic rings. The smallest absolute Gasteiger partial charge is 0.374 e. The van der Waals surface area contributed by atoms with Crippen molar-refractivity contribution >= 4 is 11.8 Å². The summed E-state index contributed by atoms with van der Waals surface area (Å²) >= 11 is 0. The van der Waals surface area contributed by atoms with E-state index in [0.717, 1.165) is 33.4 Å². The second-order valence-electron chi connectivity index (χ2n) is 14.6. The van der Waals surface area contributed by atoms with Crippen molar-refractivity contribution in [3.63, 3.8) is 0 Å². The van der Waals surface area contributed by atoms with Gasteiger partial charge in [0.2, 0.25) is 5.78 Å². The maximum atomic E-state index is 13.6. The predicted molar refractivity (Wildman–Crippen MR) is 233 cm³/mol. The van der Waals surface area contributed by atoms with Crippen LogP contribution in [0.15, 0.2) is 182 Å². The SMILES string of the molecule is COC(=O)C(=O)C[C@H](OCc1ccccc1)[C@@H](OCc1ccccc1)[C@@H](OCc1ccccc1)[C@H](OCc1ccccc1)[C@@H](COCc1ccccc1)OCc1ccccc1. The average molecular weight is 823 g/mol. The van der Waals surface area contributed by atoms with Crippen molar-refractivity contribution in [2.24, 2.45) is 0 Å². The van der Waals surface area contributed by atoms with Crippen LogP contribution in [0, 0.1) is 0 Å². The van der Waals surface area contributed by atoms with E-state index in [1.54, 1.807) is 0 Å². The topological polar surface area (TPSA) is 98.8 Å². The van der Waals surface area contributed by atoms with Gasteiger partial charge in [0.25, 0.3) is 0 Å². The van der Waals surface area contributed by atoms with Gasteiger partial charge < -0.3 is 33.2 Å². The van der Waals surface area contributed by atoms with Gasteiger partial charge in [-0.2, -0.15) is 0 Å². The van der Waals surface area contributed by atoms with Gasteiger partial charge in [-0.3, -0.25) is 4.79 Å². The summed E-state index contributed by atoms with van der Waals surface area (Å²) in [6.07, 6.45) is -4.93. The van der Waals surface area contributed by atoms with Gasteiger partial charge in [0, 0.05) is 6.42 Å². The lowest BCUT2D eigenvalue weighted by Crippen LogP contribution is -2.55.